The summed E-state index contributed by atoms with van der Waals surface area (Å²) < 4.78 is 30.9. The second-order valence-electron chi connectivity index (χ2n) is 28.2. The summed E-state index contributed by atoms with van der Waals surface area (Å²) in [5, 5.41) is 3.09. The molecule has 0 spiro atoms. The van der Waals surface area contributed by atoms with Crippen molar-refractivity contribution in [1.29, 1.82) is 0 Å². The molecule has 0 saturated carbocycles. The Kier molecular flexibility index (Phi) is 68.2. The Balaban J connectivity index is 4.91. The molecule has 0 aromatic rings. The molecule has 0 saturated heterocycles. The van der Waals surface area contributed by atoms with Crippen LogP contribution in [-0.4, -0.2) is 74.3 Å². The van der Waals surface area contributed by atoms with E-state index in [9.17, 15) is 19.0 Å². The Hall–Kier alpha value is -2.03. The van der Waals surface area contributed by atoms with Crippen LogP contribution in [0.1, 0.15) is 400 Å². The van der Waals surface area contributed by atoms with Crippen LogP contribution in [0.25, 0.3) is 0 Å². The molecule has 0 fully saturated rings. The van der Waals surface area contributed by atoms with Gasteiger partial charge in [0.15, 0.2) is 0 Å². The molecule has 0 aromatic carbocycles. The zero-order valence-corrected chi connectivity index (χ0v) is 61.8. The molecule has 0 aromatic heterocycles. The number of rotatable bonds is 73. The normalized spacial score (nSPS) is 13.6. The molecule has 0 aliphatic carbocycles. The first kappa shape index (κ1) is 88.0. The van der Waals surface area contributed by atoms with Gasteiger partial charge in [0.1, 0.15) is 19.3 Å². The maximum absolute atomic E-state index is 13.7. The highest BCUT2D eigenvalue weighted by atomic mass is 31.2. The first-order valence-electron chi connectivity index (χ1n) is 39.5. The molecule has 0 aliphatic rings. The van der Waals surface area contributed by atoms with Gasteiger partial charge in [-0.2, -0.15) is 0 Å². The summed E-state index contributed by atoms with van der Waals surface area (Å²) in [6.45, 7) is 7.05. The lowest BCUT2D eigenvalue weighted by atomic mass is 10.0. The van der Waals surface area contributed by atoms with E-state index >= 15 is 0 Å². The topological polar surface area (TPSA) is 111 Å². The van der Waals surface area contributed by atoms with Gasteiger partial charge in [0.25, 0.3) is 0 Å². The molecular weight excluding hydrogens is 1130 g/mol. The zero-order chi connectivity index (χ0) is 65.6. The number of ether oxygens (including phenoxy) is 1. The van der Waals surface area contributed by atoms with E-state index in [0.29, 0.717) is 23.9 Å². The van der Waals surface area contributed by atoms with E-state index in [1.807, 2.05) is 27.2 Å². The summed E-state index contributed by atoms with van der Waals surface area (Å²) in [6, 6.07) is -0.848. The third kappa shape index (κ3) is 70.3. The number of nitrogens with zero attached hydrogens (tertiary/aromatic N) is 1. The summed E-state index contributed by atoms with van der Waals surface area (Å²) in [7, 11) is 1.51. The maximum atomic E-state index is 13.7. The highest BCUT2D eigenvalue weighted by Crippen LogP contribution is 2.43. The molecule has 2 N–H and O–H groups in total. The Bertz CT molecular complexity index is 1680. The number of unbranched alkanes of at least 4 members (excludes halogenated alkanes) is 51. The van der Waals surface area contributed by atoms with Gasteiger partial charge in [-0.25, -0.2) is 4.57 Å². The van der Waals surface area contributed by atoms with Gasteiger partial charge < -0.3 is 19.4 Å². The SMILES string of the molecule is CCCCC/C=C\C/C=C\C/C=C\CCCCCCCCCCCCCCC(=O)OC(/C=C/CCCCCCCCCCCC)C(COP(=O)(O)OCC[N+](C)(C)C)NC(=O)CCCCCCCCCCCCCCCCCCCCCCCCCCCCC. The molecule has 90 heavy (non-hydrogen) atoms. The van der Waals surface area contributed by atoms with Crippen LogP contribution in [0.5, 0.6) is 0 Å². The first-order chi connectivity index (χ1) is 43.9. The number of carbonyl (C=O) groups excluding carboxylic acids is 2. The number of allylic oxidation sites excluding steroid dienone is 7. The molecule has 3 atom stereocenters. The predicted octanol–water partition coefficient (Wildman–Crippen LogP) is 25.5. The minimum Gasteiger partial charge on any atom is -0.456 e. The van der Waals surface area contributed by atoms with Crippen molar-refractivity contribution in [2.45, 2.75) is 412 Å². The predicted molar refractivity (Wildman–Crippen MR) is 392 cm³/mol. The largest absolute Gasteiger partial charge is 0.472 e. The van der Waals surface area contributed by atoms with Crippen LogP contribution >= 0.6 is 7.82 Å². The van der Waals surface area contributed by atoms with Crippen LogP contribution in [0.2, 0.25) is 0 Å². The highest BCUT2D eigenvalue weighted by Gasteiger charge is 2.30. The average molecular weight is 1290 g/mol. The van der Waals surface area contributed by atoms with Crippen molar-refractivity contribution >= 4 is 19.7 Å². The number of phosphoric acid groups is 1. The molecule has 10 heteroatoms. The summed E-state index contributed by atoms with van der Waals surface area (Å²) in [4.78, 5) is 38.0. The molecule has 0 bridgehead atoms. The Morgan fingerprint density at radius 3 is 1.03 bits per heavy atom. The molecule has 530 valence electrons. The summed E-state index contributed by atoms with van der Waals surface area (Å²) in [6.07, 6.45) is 90.0. The number of hydrogen-bond donors (Lipinski definition) is 2. The second kappa shape index (κ2) is 69.8. The van der Waals surface area contributed by atoms with Crippen molar-refractivity contribution in [1.82, 2.24) is 5.32 Å². The van der Waals surface area contributed by atoms with E-state index < -0.39 is 20.0 Å². The van der Waals surface area contributed by atoms with Crippen LogP contribution in [0.3, 0.4) is 0 Å². The summed E-state index contributed by atoms with van der Waals surface area (Å²) in [5.74, 6) is -0.486. The van der Waals surface area contributed by atoms with Crippen molar-refractivity contribution in [3.05, 3.63) is 48.6 Å². The van der Waals surface area contributed by atoms with E-state index in [1.54, 1.807) is 0 Å². The Morgan fingerprint density at radius 2 is 0.678 bits per heavy atom. The number of quaternary nitrogens is 1. The quantitative estimate of drug-likeness (QED) is 0.0205. The van der Waals surface area contributed by atoms with Crippen molar-refractivity contribution in [2.24, 2.45) is 0 Å². The number of phosphoric ester groups is 1. The Morgan fingerprint density at radius 1 is 0.389 bits per heavy atom. The fourth-order valence-corrected chi connectivity index (χ4v) is 12.7. The molecule has 9 nitrogen and oxygen atoms in total. The number of nitrogens with one attached hydrogen (secondary N) is 1. The van der Waals surface area contributed by atoms with Crippen LogP contribution < -0.4 is 5.32 Å². The lowest BCUT2D eigenvalue weighted by Crippen LogP contribution is -2.47. The van der Waals surface area contributed by atoms with Gasteiger partial charge in [-0.05, 0) is 70.3 Å². The third-order valence-electron chi connectivity index (χ3n) is 18.0. The van der Waals surface area contributed by atoms with Gasteiger partial charge in [0, 0.05) is 12.8 Å². The lowest BCUT2D eigenvalue weighted by molar-refractivity contribution is -0.870. The molecule has 1 amide bonds. The molecular formula is C80H154N2O7P+. The van der Waals surface area contributed by atoms with E-state index in [2.05, 4.69) is 68.6 Å². The number of hydrogen-bond acceptors (Lipinski definition) is 6. The minimum atomic E-state index is -4.46. The maximum Gasteiger partial charge on any atom is 0.472 e. The molecule has 3 unspecified atom stereocenters. The van der Waals surface area contributed by atoms with Crippen molar-refractivity contribution in [3.63, 3.8) is 0 Å². The fourth-order valence-electron chi connectivity index (χ4n) is 12.0. The van der Waals surface area contributed by atoms with Crippen molar-refractivity contribution < 1.29 is 37.3 Å². The van der Waals surface area contributed by atoms with Gasteiger partial charge in [0.05, 0.1) is 33.8 Å². The van der Waals surface area contributed by atoms with Crippen LogP contribution in [0.4, 0.5) is 0 Å². The van der Waals surface area contributed by atoms with Gasteiger partial charge >= 0.3 is 13.8 Å². The van der Waals surface area contributed by atoms with Gasteiger partial charge in [-0.1, -0.05) is 365 Å². The van der Waals surface area contributed by atoms with Crippen molar-refractivity contribution in [3.8, 4) is 0 Å². The highest BCUT2D eigenvalue weighted by molar-refractivity contribution is 7.47. The van der Waals surface area contributed by atoms with Crippen LogP contribution in [-0.2, 0) is 27.9 Å². The Labute approximate surface area is 560 Å². The minimum absolute atomic E-state index is 0.0423. The number of carbonyl (C=O) groups is 2. The zero-order valence-electron chi connectivity index (χ0n) is 60.9. The molecule has 0 radical (unpaired) electrons. The number of esters is 1. The monoisotopic (exact) mass is 1290 g/mol. The number of likely N-dealkylation sites (N-methyl/N-ethyl adjacent to an activating group) is 1. The summed E-state index contributed by atoms with van der Waals surface area (Å²) >= 11 is 0. The summed E-state index contributed by atoms with van der Waals surface area (Å²) in [5.41, 5.74) is 0. The van der Waals surface area contributed by atoms with Crippen LogP contribution in [0.15, 0.2) is 48.6 Å². The van der Waals surface area contributed by atoms with Gasteiger partial charge in [0.2, 0.25) is 5.91 Å². The van der Waals surface area contributed by atoms with Crippen LogP contribution in [0, 0.1) is 0 Å². The fraction of sp³-hybridized carbons (Fsp3) is 0.875. The molecule has 0 aliphatic heterocycles. The average Bonchev–Trinajstić information content (AvgIpc) is 3.11. The molecule has 0 rings (SSSR count). The van der Waals surface area contributed by atoms with E-state index in [4.69, 9.17) is 13.8 Å². The first-order valence-corrected chi connectivity index (χ1v) is 41.0. The van der Waals surface area contributed by atoms with Gasteiger partial charge in [-0.15, -0.1) is 0 Å². The lowest BCUT2D eigenvalue weighted by Gasteiger charge is -2.27. The third-order valence-corrected chi connectivity index (χ3v) is 19.0. The van der Waals surface area contributed by atoms with Gasteiger partial charge in [-0.3, -0.25) is 18.6 Å². The van der Waals surface area contributed by atoms with E-state index in [1.165, 1.54) is 295 Å². The van der Waals surface area contributed by atoms with E-state index in [-0.39, 0.29) is 25.1 Å². The molecule has 0 heterocycles. The van der Waals surface area contributed by atoms with E-state index in [0.717, 1.165) is 70.6 Å². The van der Waals surface area contributed by atoms with Crippen molar-refractivity contribution in [2.75, 3.05) is 40.9 Å². The number of amides is 1. The second-order valence-corrected chi connectivity index (χ2v) is 29.7. The smallest absolute Gasteiger partial charge is 0.456 e. The standard InChI is InChI=1S/C80H153N2O7P/c1-7-10-13-16-19-22-25-28-30-32-34-36-38-40-41-43-44-46-48-50-52-54-57-60-63-66-69-72-79(83)81-77(76-88-90(85,86)87-75-74-82(4,5)6)78(71-68-65-62-59-56-27-24-21-18-15-12-9-3)89-80(84)73-70-67-64-61-58-55-53-51-49-47-45-42-39-37-35-33-31-29-26-23-20-17-14-11-8-2/h20,23,29,31,35,37,68,71,77-78H,7-19,21-22,24-28,30,32-34,36,38-67,69-70,72-76H2,1-6H3,(H-,81,83,85,86)/p+1/b23-20-,31-29-,37-35-,71-68+.